The second-order valence-corrected chi connectivity index (χ2v) is 4.89. The zero-order chi connectivity index (χ0) is 15.4. The van der Waals surface area contributed by atoms with Crippen LogP contribution in [0, 0.1) is 11.6 Å². The molecule has 0 heterocycles. The molecule has 0 spiro atoms. The highest BCUT2D eigenvalue weighted by Crippen LogP contribution is 2.28. The molecular formula is C15H9BrF2O3. The molecule has 0 saturated heterocycles. The number of carboxylic acids is 1. The number of ether oxygens (including phenoxy) is 1. The van der Waals surface area contributed by atoms with Crippen LogP contribution in [0.15, 0.2) is 46.9 Å². The third kappa shape index (κ3) is 4.13. The zero-order valence-electron chi connectivity index (χ0n) is 10.5. The van der Waals surface area contributed by atoms with Crippen molar-refractivity contribution in [1.82, 2.24) is 0 Å². The van der Waals surface area contributed by atoms with Gasteiger partial charge in [-0.3, -0.25) is 0 Å². The maximum absolute atomic E-state index is 13.8. The highest BCUT2D eigenvalue weighted by Gasteiger charge is 2.07. The summed E-state index contributed by atoms with van der Waals surface area (Å²) in [6, 6.07) is 8.03. The molecule has 0 fully saturated rings. The number of benzene rings is 2. The Morgan fingerprint density at radius 1 is 1.14 bits per heavy atom. The van der Waals surface area contributed by atoms with Crippen molar-refractivity contribution in [3.05, 3.63) is 64.1 Å². The highest BCUT2D eigenvalue weighted by molar-refractivity contribution is 9.10. The van der Waals surface area contributed by atoms with Crippen LogP contribution >= 0.6 is 15.9 Å². The quantitative estimate of drug-likeness (QED) is 0.815. The fraction of sp³-hybridized carbons (Fsp3) is 0. The Balaban J connectivity index is 2.21. The molecule has 21 heavy (non-hydrogen) atoms. The molecule has 2 rings (SSSR count). The lowest BCUT2D eigenvalue weighted by Gasteiger charge is -2.08. The number of hydrogen-bond acceptors (Lipinski definition) is 2. The number of hydrogen-bond donors (Lipinski definition) is 1. The van der Waals surface area contributed by atoms with Crippen LogP contribution in [-0.2, 0) is 4.79 Å². The van der Waals surface area contributed by atoms with E-state index < -0.39 is 17.6 Å². The molecule has 0 bridgehead atoms. The maximum atomic E-state index is 13.8. The van der Waals surface area contributed by atoms with E-state index in [1.54, 1.807) is 0 Å². The number of aliphatic carboxylic acids is 1. The summed E-state index contributed by atoms with van der Waals surface area (Å²) in [5, 5.41) is 8.50. The second kappa shape index (κ2) is 6.49. The van der Waals surface area contributed by atoms with Crippen LogP contribution in [0.5, 0.6) is 11.5 Å². The van der Waals surface area contributed by atoms with Crippen molar-refractivity contribution in [3.63, 3.8) is 0 Å². The Labute approximate surface area is 127 Å². The predicted octanol–water partition coefficient (Wildman–Crippen LogP) is 4.62. The third-order valence-electron chi connectivity index (χ3n) is 2.49. The number of carbonyl (C=O) groups is 1. The lowest BCUT2D eigenvalue weighted by atomic mass is 10.2. The second-order valence-electron chi connectivity index (χ2n) is 4.04. The first-order chi connectivity index (χ1) is 9.95. The summed E-state index contributed by atoms with van der Waals surface area (Å²) < 4.78 is 32.7. The molecule has 0 aromatic heterocycles. The van der Waals surface area contributed by atoms with Gasteiger partial charge in [0.15, 0.2) is 11.6 Å². The summed E-state index contributed by atoms with van der Waals surface area (Å²) in [7, 11) is 0. The minimum atomic E-state index is -1.12. The van der Waals surface area contributed by atoms with Gasteiger partial charge in [0.1, 0.15) is 11.6 Å². The van der Waals surface area contributed by atoms with E-state index in [-0.39, 0.29) is 16.0 Å². The molecule has 0 aliphatic rings. The molecule has 0 radical (unpaired) electrons. The van der Waals surface area contributed by atoms with Crippen molar-refractivity contribution in [3.8, 4) is 11.5 Å². The molecule has 0 atom stereocenters. The van der Waals surface area contributed by atoms with Gasteiger partial charge in [-0.15, -0.1) is 0 Å². The van der Waals surface area contributed by atoms with E-state index in [1.807, 2.05) is 0 Å². The molecule has 3 nitrogen and oxygen atoms in total. The monoisotopic (exact) mass is 354 g/mol. The number of carboxylic acid groups (broad SMARTS) is 1. The molecule has 2 aromatic rings. The average molecular weight is 355 g/mol. The maximum Gasteiger partial charge on any atom is 0.328 e. The van der Waals surface area contributed by atoms with Crippen LogP contribution in [0.2, 0.25) is 0 Å². The van der Waals surface area contributed by atoms with Crippen molar-refractivity contribution < 1.29 is 23.4 Å². The lowest BCUT2D eigenvalue weighted by Crippen LogP contribution is -1.91. The largest absolute Gasteiger partial charge is 0.478 e. The molecule has 108 valence electrons. The van der Waals surface area contributed by atoms with Crippen LogP contribution < -0.4 is 4.74 Å². The molecule has 0 unspecified atom stereocenters. The van der Waals surface area contributed by atoms with Gasteiger partial charge in [0, 0.05) is 12.1 Å². The fourth-order valence-corrected chi connectivity index (χ4v) is 1.78. The minimum Gasteiger partial charge on any atom is -0.478 e. The van der Waals surface area contributed by atoms with Crippen LogP contribution in [0.4, 0.5) is 8.78 Å². The van der Waals surface area contributed by atoms with Gasteiger partial charge in [-0.1, -0.05) is 6.07 Å². The molecule has 0 aliphatic carbocycles. The first-order valence-electron chi connectivity index (χ1n) is 5.79. The van der Waals surface area contributed by atoms with Crippen LogP contribution in [0.1, 0.15) is 5.56 Å². The van der Waals surface area contributed by atoms with Gasteiger partial charge in [-0.2, -0.15) is 0 Å². The predicted molar refractivity (Wildman–Crippen MR) is 77.2 cm³/mol. The van der Waals surface area contributed by atoms with E-state index in [2.05, 4.69) is 15.9 Å². The first-order valence-corrected chi connectivity index (χ1v) is 6.58. The topological polar surface area (TPSA) is 46.5 Å². The molecule has 2 aromatic carbocycles. The first kappa shape index (κ1) is 15.2. The standard InChI is InChI=1S/C15H9BrF2O3/c16-11-4-3-10(8-12(11)17)21-14-5-1-9(7-13(14)18)2-6-15(19)20/h1-8H,(H,19,20). The lowest BCUT2D eigenvalue weighted by molar-refractivity contribution is -0.131. The molecule has 0 aliphatic heterocycles. The molecule has 6 heteroatoms. The summed E-state index contributed by atoms with van der Waals surface area (Å²) in [5.41, 5.74) is 0.379. The van der Waals surface area contributed by atoms with Gasteiger partial charge >= 0.3 is 5.97 Å². The summed E-state index contributed by atoms with van der Waals surface area (Å²) in [6.45, 7) is 0. The SMILES string of the molecule is O=C(O)C=Cc1ccc(Oc2ccc(Br)c(F)c2)c(F)c1. The van der Waals surface area contributed by atoms with Crippen LogP contribution in [0.3, 0.4) is 0 Å². The molecule has 0 amide bonds. The summed E-state index contributed by atoms with van der Waals surface area (Å²) in [5.74, 6) is -2.24. The van der Waals surface area contributed by atoms with Gasteiger partial charge < -0.3 is 9.84 Å². The van der Waals surface area contributed by atoms with Crippen molar-refractivity contribution in [2.24, 2.45) is 0 Å². The smallest absolute Gasteiger partial charge is 0.328 e. The summed E-state index contributed by atoms with van der Waals surface area (Å²) in [4.78, 5) is 10.4. The van der Waals surface area contributed by atoms with Crippen LogP contribution in [-0.4, -0.2) is 11.1 Å². The Morgan fingerprint density at radius 3 is 2.52 bits per heavy atom. The Hall–Kier alpha value is -2.21. The van der Waals surface area contributed by atoms with E-state index in [0.29, 0.717) is 5.56 Å². The van der Waals surface area contributed by atoms with Gasteiger partial charge in [0.25, 0.3) is 0 Å². The normalized spacial score (nSPS) is 10.8. The van der Waals surface area contributed by atoms with Gasteiger partial charge in [0.2, 0.25) is 0 Å². The van der Waals surface area contributed by atoms with E-state index in [0.717, 1.165) is 18.2 Å². The van der Waals surface area contributed by atoms with Crippen molar-refractivity contribution in [1.29, 1.82) is 0 Å². The van der Waals surface area contributed by atoms with E-state index in [9.17, 15) is 13.6 Å². The zero-order valence-corrected chi connectivity index (χ0v) is 12.1. The van der Waals surface area contributed by atoms with E-state index >= 15 is 0 Å². The fourth-order valence-electron chi connectivity index (χ4n) is 1.54. The number of halogens is 3. The van der Waals surface area contributed by atoms with Crippen LogP contribution in [0.25, 0.3) is 6.08 Å². The van der Waals surface area contributed by atoms with Gasteiger partial charge in [-0.05, 0) is 51.8 Å². The Morgan fingerprint density at radius 2 is 1.90 bits per heavy atom. The minimum absolute atomic E-state index is 0.0794. The third-order valence-corrected chi connectivity index (χ3v) is 3.14. The Kier molecular flexibility index (Phi) is 4.70. The molecule has 0 saturated carbocycles. The molecular weight excluding hydrogens is 346 g/mol. The van der Waals surface area contributed by atoms with Crippen molar-refractivity contribution in [2.45, 2.75) is 0 Å². The van der Waals surface area contributed by atoms with Crippen molar-refractivity contribution >= 4 is 28.0 Å². The summed E-state index contributed by atoms with van der Waals surface area (Å²) in [6.07, 6.45) is 2.16. The van der Waals surface area contributed by atoms with Crippen molar-refractivity contribution in [2.75, 3.05) is 0 Å². The number of rotatable bonds is 4. The van der Waals surface area contributed by atoms with Gasteiger partial charge in [-0.25, -0.2) is 13.6 Å². The highest BCUT2D eigenvalue weighted by atomic mass is 79.9. The molecule has 1 N–H and O–H groups in total. The average Bonchev–Trinajstić information content (AvgIpc) is 2.43. The van der Waals surface area contributed by atoms with E-state index in [1.165, 1.54) is 30.3 Å². The Bertz CT molecular complexity index is 714. The van der Waals surface area contributed by atoms with E-state index in [4.69, 9.17) is 9.84 Å². The van der Waals surface area contributed by atoms with Gasteiger partial charge in [0.05, 0.1) is 4.47 Å². The summed E-state index contributed by atoms with van der Waals surface area (Å²) >= 11 is 3.01.